The van der Waals surface area contributed by atoms with Crippen molar-refractivity contribution in [2.75, 3.05) is 19.8 Å². The standard InChI is InChI=1S/C18H29NO2/c1-4-10-19-16(13-14(5-2)6-3)15-8-7-9-17-18(15)21-12-11-20-17/h7-9,14,16,19H,4-6,10-13H2,1-3H3. The molecule has 3 heteroatoms. The number of fused-ring (bicyclic) bond motifs is 1. The van der Waals surface area contributed by atoms with Gasteiger partial charge in [-0.1, -0.05) is 45.7 Å². The Morgan fingerprint density at radius 3 is 2.57 bits per heavy atom. The SMILES string of the molecule is CCCNC(CC(CC)CC)c1cccc2c1OCCO2. The molecule has 1 aliphatic heterocycles. The van der Waals surface area contributed by atoms with Crippen LogP contribution in [0.15, 0.2) is 18.2 Å². The number of rotatable bonds is 8. The van der Waals surface area contributed by atoms with Gasteiger partial charge in [-0.25, -0.2) is 0 Å². The van der Waals surface area contributed by atoms with Crippen LogP contribution in [0.25, 0.3) is 0 Å². The molecule has 0 aromatic heterocycles. The Kier molecular flexibility index (Phi) is 6.37. The highest BCUT2D eigenvalue weighted by Gasteiger charge is 2.23. The minimum atomic E-state index is 0.353. The second-order valence-electron chi connectivity index (χ2n) is 5.80. The topological polar surface area (TPSA) is 30.5 Å². The van der Waals surface area contributed by atoms with Crippen molar-refractivity contribution in [3.63, 3.8) is 0 Å². The zero-order valence-corrected chi connectivity index (χ0v) is 13.7. The minimum Gasteiger partial charge on any atom is -0.486 e. The molecule has 0 fully saturated rings. The molecule has 3 nitrogen and oxygen atoms in total. The van der Waals surface area contributed by atoms with Crippen LogP contribution in [0.5, 0.6) is 11.5 Å². The Labute approximate surface area is 129 Å². The molecule has 0 bridgehead atoms. The Bertz CT molecular complexity index is 429. The van der Waals surface area contributed by atoms with E-state index in [1.165, 1.54) is 18.4 Å². The fourth-order valence-corrected chi connectivity index (χ4v) is 2.96. The minimum absolute atomic E-state index is 0.353. The number of hydrogen-bond acceptors (Lipinski definition) is 3. The van der Waals surface area contributed by atoms with Crippen molar-refractivity contribution in [3.8, 4) is 11.5 Å². The second-order valence-corrected chi connectivity index (χ2v) is 5.80. The third-order valence-corrected chi connectivity index (χ3v) is 4.34. The summed E-state index contributed by atoms with van der Waals surface area (Å²) in [6.07, 6.45) is 4.76. The molecule has 1 aromatic rings. The first-order chi connectivity index (χ1) is 10.3. The van der Waals surface area contributed by atoms with Crippen LogP contribution in [0.3, 0.4) is 0 Å². The maximum absolute atomic E-state index is 5.90. The molecule has 1 heterocycles. The third-order valence-electron chi connectivity index (χ3n) is 4.34. The van der Waals surface area contributed by atoms with E-state index in [1.807, 2.05) is 6.07 Å². The molecular weight excluding hydrogens is 262 g/mol. The van der Waals surface area contributed by atoms with Crippen LogP contribution in [-0.2, 0) is 0 Å². The van der Waals surface area contributed by atoms with Crippen LogP contribution in [-0.4, -0.2) is 19.8 Å². The first-order valence-electron chi connectivity index (χ1n) is 8.41. The molecule has 1 aliphatic rings. The van der Waals surface area contributed by atoms with Crippen LogP contribution >= 0.6 is 0 Å². The average Bonchev–Trinajstić information content (AvgIpc) is 2.55. The van der Waals surface area contributed by atoms with Crippen molar-refractivity contribution in [1.82, 2.24) is 5.32 Å². The average molecular weight is 291 g/mol. The Balaban J connectivity index is 2.23. The first-order valence-corrected chi connectivity index (χ1v) is 8.41. The van der Waals surface area contributed by atoms with Gasteiger partial charge in [-0.15, -0.1) is 0 Å². The highest BCUT2D eigenvalue weighted by molar-refractivity contribution is 5.49. The van der Waals surface area contributed by atoms with Gasteiger partial charge in [0.05, 0.1) is 0 Å². The predicted octanol–water partition coefficient (Wildman–Crippen LogP) is 4.32. The molecule has 21 heavy (non-hydrogen) atoms. The Hall–Kier alpha value is -1.22. The fraction of sp³-hybridized carbons (Fsp3) is 0.667. The highest BCUT2D eigenvalue weighted by atomic mass is 16.6. The highest BCUT2D eigenvalue weighted by Crippen LogP contribution is 2.39. The quantitative estimate of drug-likeness (QED) is 0.773. The van der Waals surface area contributed by atoms with Gasteiger partial charge in [0.25, 0.3) is 0 Å². The van der Waals surface area contributed by atoms with E-state index in [0.29, 0.717) is 19.3 Å². The van der Waals surface area contributed by atoms with E-state index in [9.17, 15) is 0 Å². The summed E-state index contributed by atoms with van der Waals surface area (Å²) in [5.41, 5.74) is 1.26. The molecule has 0 radical (unpaired) electrons. The van der Waals surface area contributed by atoms with Crippen LogP contribution in [0, 0.1) is 5.92 Å². The van der Waals surface area contributed by atoms with Gasteiger partial charge in [0.1, 0.15) is 13.2 Å². The van der Waals surface area contributed by atoms with Crippen molar-refractivity contribution < 1.29 is 9.47 Å². The van der Waals surface area contributed by atoms with E-state index in [4.69, 9.17) is 9.47 Å². The summed E-state index contributed by atoms with van der Waals surface area (Å²) in [6, 6.07) is 6.62. The molecule has 1 aromatic carbocycles. The number of ether oxygens (including phenoxy) is 2. The van der Waals surface area contributed by atoms with Gasteiger partial charge in [-0.05, 0) is 31.4 Å². The maximum Gasteiger partial charge on any atom is 0.166 e. The van der Waals surface area contributed by atoms with E-state index < -0.39 is 0 Å². The molecule has 0 saturated carbocycles. The number of para-hydroxylation sites is 1. The molecule has 1 unspecified atom stereocenters. The summed E-state index contributed by atoms with van der Waals surface area (Å²) < 4.78 is 11.6. The van der Waals surface area contributed by atoms with Crippen molar-refractivity contribution in [1.29, 1.82) is 0 Å². The third kappa shape index (κ3) is 4.13. The maximum atomic E-state index is 5.90. The summed E-state index contributed by atoms with van der Waals surface area (Å²) in [5.74, 6) is 2.59. The lowest BCUT2D eigenvalue weighted by molar-refractivity contribution is 0.168. The normalized spacial score (nSPS) is 15.2. The zero-order chi connectivity index (χ0) is 15.1. The van der Waals surface area contributed by atoms with Crippen LogP contribution in [0.4, 0.5) is 0 Å². The molecule has 1 atom stereocenters. The molecular formula is C18H29NO2. The molecule has 0 spiro atoms. The van der Waals surface area contributed by atoms with Crippen molar-refractivity contribution in [3.05, 3.63) is 23.8 Å². The summed E-state index contributed by atoms with van der Waals surface area (Å²) in [5, 5.41) is 3.70. The van der Waals surface area contributed by atoms with E-state index in [2.05, 4.69) is 38.2 Å². The first kappa shape index (κ1) is 16.2. The fourth-order valence-electron chi connectivity index (χ4n) is 2.96. The van der Waals surface area contributed by atoms with Crippen LogP contribution in [0.2, 0.25) is 0 Å². The van der Waals surface area contributed by atoms with Crippen LogP contribution in [0.1, 0.15) is 58.1 Å². The summed E-state index contributed by atoms with van der Waals surface area (Å²) in [7, 11) is 0. The molecule has 0 amide bonds. The van der Waals surface area contributed by atoms with Gasteiger partial charge in [0.15, 0.2) is 11.5 Å². The van der Waals surface area contributed by atoms with E-state index in [1.54, 1.807) is 0 Å². The van der Waals surface area contributed by atoms with E-state index in [-0.39, 0.29) is 0 Å². The lowest BCUT2D eigenvalue weighted by Gasteiger charge is -2.28. The van der Waals surface area contributed by atoms with Gasteiger partial charge in [0, 0.05) is 11.6 Å². The Morgan fingerprint density at radius 1 is 1.10 bits per heavy atom. The van der Waals surface area contributed by atoms with Crippen molar-refractivity contribution in [2.45, 2.75) is 52.5 Å². The Morgan fingerprint density at radius 2 is 1.86 bits per heavy atom. The molecule has 118 valence electrons. The van der Waals surface area contributed by atoms with Gasteiger partial charge in [0.2, 0.25) is 0 Å². The van der Waals surface area contributed by atoms with Gasteiger partial charge < -0.3 is 14.8 Å². The monoisotopic (exact) mass is 291 g/mol. The van der Waals surface area contributed by atoms with Crippen molar-refractivity contribution in [2.24, 2.45) is 5.92 Å². The van der Waals surface area contributed by atoms with E-state index >= 15 is 0 Å². The second kappa shape index (κ2) is 8.28. The zero-order valence-electron chi connectivity index (χ0n) is 13.7. The largest absolute Gasteiger partial charge is 0.486 e. The number of benzene rings is 1. The summed E-state index contributed by atoms with van der Waals surface area (Å²) in [4.78, 5) is 0. The molecule has 0 saturated heterocycles. The number of hydrogen-bond donors (Lipinski definition) is 1. The summed E-state index contributed by atoms with van der Waals surface area (Å²) >= 11 is 0. The number of nitrogens with one attached hydrogen (secondary N) is 1. The molecule has 1 N–H and O–H groups in total. The molecule has 0 aliphatic carbocycles. The lowest BCUT2D eigenvalue weighted by Crippen LogP contribution is -2.26. The van der Waals surface area contributed by atoms with E-state index in [0.717, 1.165) is 36.8 Å². The predicted molar refractivity (Wildman–Crippen MR) is 87.2 cm³/mol. The van der Waals surface area contributed by atoms with Gasteiger partial charge >= 0.3 is 0 Å². The van der Waals surface area contributed by atoms with Gasteiger partial charge in [-0.3, -0.25) is 0 Å². The van der Waals surface area contributed by atoms with Crippen LogP contribution < -0.4 is 14.8 Å². The smallest absolute Gasteiger partial charge is 0.166 e. The molecule has 2 rings (SSSR count). The summed E-state index contributed by atoms with van der Waals surface area (Å²) in [6.45, 7) is 9.11. The van der Waals surface area contributed by atoms with Crippen molar-refractivity contribution >= 4 is 0 Å². The lowest BCUT2D eigenvalue weighted by atomic mass is 9.90. The van der Waals surface area contributed by atoms with Gasteiger partial charge in [-0.2, -0.15) is 0 Å².